The Balaban J connectivity index is 2.36. The van der Waals surface area contributed by atoms with Crippen molar-refractivity contribution in [1.29, 1.82) is 0 Å². The van der Waals surface area contributed by atoms with E-state index in [0.717, 1.165) is 6.42 Å². The molecular weight excluding hydrogens is 180 g/mol. The van der Waals surface area contributed by atoms with Crippen molar-refractivity contribution in [2.45, 2.75) is 18.4 Å². The van der Waals surface area contributed by atoms with Crippen molar-refractivity contribution in [3.8, 4) is 5.88 Å². The molecule has 5 nitrogen and oxygen atoms in total. The van der Waals surface area contributed by atoms with Crippen molar-refractivity contribution >= 4 is 5.95 Å². The number of rotatable bonds is 1. The van der Waals surface area contributed by atoms with Gasteiger partial charge in [0.05, 0.1) is 0 Å². The van der Waals surface area contributed by atoms with Crippen LogP contribution in [0.25, 0.3) is 0 Å². The predicted octanol–water partition coefficient (Wildman–Crippen LogP) is 0.135. The number of nitrogens with zero attached hydrogens (tertiary/aromatic N) is 2. The molecule has 1 aromatic heterocycles. The van der Waals surface area contributed by atoms with E-state index in [-0.39, 0.29) is 23.8 Å². The van der Waals surface area contributed by atoms with Gasteiger partial charge < -0.3 is 16.6 Å². The second kappa shape index (κ2) is 3.26. The Bertz CT molecular complexity index is 377. The van der Waals surface area contributed by atoms with Gasteiger partial charge in [-0.15, -0.1) is 0 Å². The Morgan fingerprint density at radius 2 is 2.29 bits per heavy atom. The molecule has 14 heavy (non-hydrogen) atoms. The van der Waals surface area contributed by atoms with Crippen LogP contribution in [0.4, 0.5) is 5.95 Å². The van der Waals surface area contributed by atoms with Crippen LogP contribution in [-0.4, -0.2) is 21.1 Å². The van der Waals surface area contributed by atoms with Crippen LogP contribution in [-0.2, 0) is 0 Å². The van der Waals surface area contributed by atoms with Gasteiger partial charge in [-0.25, -0.2) is 4.98 Å². The highest BCUT2D eigenvalue weighted by molar-refractivity contribution is 5.36. The fourth-order valence-corrected chi connectivity index (χ4v) is 1.64. The van der Waals surface area contributed by atoms with E-state index in [0.29, 0.717) is 5.56 Å². The topological polar surface area (TPSA) is 98.0 Å². The Labute approximate surface area is 81.5 Å². The lowest BCUT2D eigenvalue weighted by Crippen LogP contribution is -2.23. The van der Waals surface area contributed by atoms with E-state index in [9.17, 15) is 5.11 Å². The monoisotopic (exact) mass is 192 g/mol. The first-order valence-corrected chi connectivity index (χ1v) is 4.42. The van der Waals surface area contributed by atoms with Crippen LogP contribution in [0.5, 0.6) is 5.88 Å². The van der Waals surface area contributed by atoms with Gasteiger partial charge in [0.2, 0.25) is 11.8 Å². The third-order valence-electron chi connectivity index (χ3n) is 2.39. The second-order valence-corrected chi connectivity index (χ2v) is 3.36. The smallest absolute Gasteiger partial charge is 0.223 e. The molecule has 1 heterocycles. The fourth-order valence-electron chi connectivity index (χ4n) is 1.64. The fraction of sp³-hybridized carbons (Fsp3) is 0.333. The molecule has 0 saturated carbocycles. The minimum atomic E-state index is -0.0792. The van der Waals surface area contributed by atoms with E-state index >= 15 is 0 Å². The lowest BCUT2D eigenvalue weighted by Gasteiger charge is -2.15. The summed E-state index contributed by atoms with van der Waals surface area (Å²) >= 11 is 0. The lowest BCUT2D eigenvalue weighted by atomic mass is 9.97. The molecule has 0 aromatic carbocycles. The molecule has 0 spiro atoms. The van der Waals surface area contributed by atoms with E-state index in [1.165, 1.54) is 6.20 Å². The summed E-state index contributed by atoms with van der Waals surface area (Å²) in [5.74, 6) is -0.0121. The van der Waals surface area contributed by atoms with Crippen molar-refractivity contribution in [2.24, 2.45) is 5.73 Å². The van der Waals surface area contributed by atoms with Gasteiger partial charge >= 0.3 is 0 Å². The third-order valence-corrected chi connectivity index (χ3v) is 2.39. The predicted molar refractivity (Wildman–Crippen MR) is 52.6 cm³/mol. The first-order valence-electron chi connectivity index (χ1n) is 4.42. The molecule has 5 heteroatoms. The summed E-state index contributed by atoms with van der Waals surface area (Å²) in [5.41, 5.74) is 11.8. The normalized spacial score (nSPS) is 25.5. The molecule has 2 unspecified atom stereocenters. The molecule has 5 N–H and O–H groups in total. The summed E-state index contributed by atoms with van der Waals surface area (Å²) in [6, 6.07) is -0.00637. The van der Waals surface area contributed by atoms with E-state index in [1.807, 2.05) is 12.2 Å². The number of nitrogen functional groups attached to an aromatic ring is 1. The van der Waals surface area contributed by atoms with Gasteiger partial charge in [0, 0.05) is 23.7 Å². The Kier molecular flexibility index (Phi) is 2.09. The van der Waals surface area contributed by atoms with E-state index in [2.05, 4.69) is 9.97 Å². The zero-order valence-corrected chi connectivity index (χ0v) is 7.59. The molecule has 0 fully saturated rings. The number of anilines is 1. The molecule has 0 radical (unpaired) electrons. The number of nitrogens with two attached hydrogens (primary N) is 2. The van der Waals surface area contributed by atoms with Gasteiger partial charge in [-0.1, -0.05) is 12.2 Å². The highest BCUT2D eigenvalue weighted by atomic mass is 16.3. The van der Waals surface area contributed by atoms with E-state index < -0.39 is 0 Å². The first-order chi connectivity index (χ1) is 6.68. The Hall–Kier alpha value is -1.62. The number of hydrogen-bond acceptors (Lipinski definition) is 5. The van der Waals surface area contributed by atoms with Crippen LogP contribution in [0.15, 0.2) is 18.3 Å². The van der Waals surface area contributed by atoms with Gasteiger partial charge in [0.1, 0.15) is 0 Å². The Morgan fingerprint density at radius 3 is 2.86 bits per heavy atom. The van der Waals surface area contributed by atoms with E-state index in [4.69, 9.17) is 11.5 Å². The van der Waals surface area contributed by atoms with Crippen LogP contribution in [0.2, 0.25) is 0 Å². The SMILES string of the molecule is Nc1ncc(C2C=CCC2N)c(O)n1. The molecule has 0 aliphatic heterocycles. The number of hydrogen-bond donors (Lipinski definition) is 3. The highest BCUT2D eigenvalue weighted by Gasteiger charge is 2.24. The standard InChI is InChI=1S/C9H12N4O/c10-7-3-1-2-5(7)6-4-12-9(11)13-8(6)14/h1-2,4-5,7H,3,10H2,(H3,11,12,13,14). The van der Waals surface area contributed by atoms with Crippen molar-refractivity contribution in [3.05, 3.63) is 23.9 Å². The summed E-state index contributed by atoms with van der Waals surface area (Å²) in [6.45, 7) is 0. The second-order valence-electron chi connectivity index (χ2n) is 3.36. The lowest BCUT2D eigenvalue weighted by molar-refractivity contribution is 0.439. The zero-order valence-electron chi connectivity index (χ0n) is 7.59. The molecular formula is C9H12N4O. The van der Waals surface area contributed by atoms with Gasteiger partial charge in [0.15, 0.2) is 0 Å². The Morgan fingerprint density at radius 1 is 1.50 bits per heavy atom. The molecule has 0 bridgehead atoms. The quantitative estimate of drug-likeness (QED) is 0.549. The highest BCUT2D eigenvalue weighted by Crippen LogP contribution is 2.31. The average Bonchev–Trinajstić information content (AvgIpc) is 2.52. The maximum Gasteiger partial charge on any atom is 0.223 e. The summed E-state index contributed by atoms with van der Waals surface area (Å²) < 4.78 is 0. The van der Waals surface area contributed by atoms with Crippen LogP contribution >= 0.6 is 0 Å². The summed E-state index contributed by atoms with van der Waals surface area (Å²) in [4.78, 5) is 7.52. The molecule has 1 aliphatic rings. The van der Waals surface area contributed by atoms with Crippen molar-refractivity contribution < 1.29 is 5.11 Å². The molecule has 2 rings (SSSR count). The van der Waals surface area contributed by atoms with Gasteiger partial charge in [-0.05, 0) is 6.42 Å². The molecule has 1 aromatic rings. The maximum atomic E-state index is 9.55. The van der Waals surface area contributed by atoms with Gasteiger partial charge in [-0.3, -0.25) is 0 Å². The molecule has 0 saturated heterocycles. The number of aromatic hydroxyl groups is 1. The van der Waals surface area contributed by atoms with Crippen molar-refractivity contribution in [1.82, 2.24) is 9.97 Å². The molecule has 1 aliphatic carbocycles. The van der Waals surface area contributed by atoms with Gasteiger partial charge in [0.25, 0.3) is 0 Å². The summed E-state index contributed by atoms with van der Waals surface area (Å²) in [6.07, 6.45) is 6.29. The van der Waals surface area contributed by atoms with Gasteiger partial charge in [-0.2, -0.15) is 4.98 Å². The average molecular weight is 192 g/mol. The largest absolute Gasteiger partial charge is 0.493 e. The molecule has 2 atom stereocenters. The molecule has 74 valence electrons. The van der Waals surface area contributed by atoms with Crippen LogP contribution in [0, 0.1) is 0 Å². The van der Waals surface area contributed by atoms with Crippen molar-refractivity contribution in [3.63, 3.8) is 0 Å². The minimum absolute atomic E-state index is 0.00407. The summed E-state index contributed by atoms with van der Waals surface area (Å²) in [7, 11) is 0. The molecule has 0 amide bonds. The third kappa shape index (κ3) is 1.42. The van der Waals surface area contributed by atoms with Crippen molar-refractivity contribution in [2.75, 3.05) is 5.73 Å². The number of aromatic nitrogens is 2. The van der Waals surface area contributed by atoms with Crippen LogP contribution in [0.3, 0.4) is 0 Å². The van der Waals surface area contributed by atoms with E-state index in [1.54, 1.807) is 0 Å². The van der Waals surface area contributed by atoms with Crippen LogP contribution in [0.1, 0.15) is 17.9 Å². The minimum Gasteiger partial charge on any atom is -0.493 e. The summed E-state index contributed by atoms with van der Waals surface area (Å²) in [5, 5.41) is 9.55. The van der Waals surface area contributed by atoms with Crippen LogP contribution < -0.4 is 11.5 Å². The maximum absolute atomic E-state index is 9.55. The first kappa shape index (κ1) is 8.96. The zero-order chi connectivity index (χ0) is 10.1.